The Morgan fingerprint density at radius 2 is 2.00 bits per heavy atom. The van der Waals surface area contributed by atoms with Crippen LogP contribution in [0, 0.1) is 0 Å². The van der Waals surface area contributed by atoms with Crippen LogP contribution in [0.25, 0.3) is 0 Å². The van der Waals surface area contributed by atoms with Gasteiger partial charge in [0.1, 0.15) is 11.9 Å². The molecule has 0 radical (unpaired) electrons. The maximum atomic E-state index is 12.7. The fourth-order valence-corrected chi connectivity index (χ4v) is 4.82. The number of carbonyl (C=O) groups excluding carboxylic acids is 1. The average Bonchev–Trinajstić information content (AvgIpc) is 2.58. The van der Waals surface area contributed by atoms with Crippen LogP contribution in [0.2, 0.25) is 0 Å². The van der Waals surface area contributed by atoms with Gasteiger partial charge < -0.3 is 9.64 Å². The van der Waals surface area contributed by atoms with Crippen molar-refractivity contribution in [2.45, 2.75) is 71.1 Å². The highest BCUT2D eigenvalue weighted by Gasteiger charge is 2.35. The summed E-state index contributed by atoms with van der Waals surface area (Å²) in [6.07, 6.45) is 4.76. The van der Waals surface area contributed by atoms with Crippen LogP contribution in [0.4, 0.5) is 4.79 Å². The summed E-state index contributed by atoms with van der Waals surface area (Å²) >= 11 is 0. The number of amides is 1. The normalized spacial score (nSPS) is 24.0. The molecule has 0 spiro atoms. The molecular weight excluding hydrogens is 380 g/mol. The zero-order valence-electron chi connectivity index (χ0n) is 17.3. The van der Waals surface area contributed by atoms with E-state index in [1.165, 1.54) is 10.6 Å². The van der Waals surface area contributed by atoms with Crippen molar-refractivity contribution < 1.29 is 17.9 Å². The number of ether oxygens (including phenoxy) is 1. The van der Waals surface area contributed by atoms with E-state index in [1.807, 2.05) is 27.7 Å². The van der Waals surface area contributed by atoms with Gasteiger partial charge in [-0.2, -0.15) is 0 Å². The minimum absolute atomic E-state index is 0.00844. The summed E-state index contributed by atoms with van der Waals surface area (Å²) in [5, 5.41) is 0. The summed E-state index contributed by atoms with van der Waals surface area (Å²) in [5.74, 6) is 0.00844. The molecule has 8 nitrogen and oxygen atoms in total. The number of fused-ring (bicyclic) bond motifs is 1. The van der Waals surface area contributed by atoms with Crippen molar-refractivity contribution in [2.24, 2.45) is 0 Å². The first kappa shape index (κ1) is 21.0. The van der Waals surface area contributed by atoms with Crippen LogP contribution in [0.15, 0.2) is 6.33 Å². The van der Waals surface area contributed by atoms with Gasteiger partial charge in [-0.05, 0) is 40.5 Å². The second kappa shape index (κ2) is 7.59. The molecule has 0 bridgehead atoms. The summed E-state index contributed by atoms with van der Waals surface area (Å²) in [4.78, 5) is 23.4. The molecule has 1 aromatic heterocycles. The molecule has 1 amide bonds. The monoisotopic (exact) mass is 410 g/mol. The standard InChI is InChI=1S/C19H30N4O4S/c1-13-9-16-15(11-23(13)18(24)27-19(2,3)4)17(21-12-20-16)14-7-6-8-22(10-14)28(5,25)26/h12-14H,6-11H2,1-5H3/t13-,14+/m1/s1. The number of piperidine rings is 1. The van der Waals surface area contributed by atoms with Crippen LogP contribution in [0.1, 0.15) is 63.4 Å². The maximum absolute atomic E-state index is 12.7. The van der Waals surface area contributed by atoms with Gasteiger partial charge in [0.05, 0.1) is 24.2 Å². The van der Waals surface area contributed by atoms with Crippen molar-refractivity contribution in [2.75, 3.05) is 19.3 Å². The first-order chi connectivity index (χ1) is 13.0. The number of nitrogens with zero attached hydrogens (tertiary/aromatic N) is 4. The van der Waals surface area contributed by atoms with Crippen LogP contribution in [-0.2, 0) is 27.7 Å². The van der Waals surface area contributed by atoms with Gasteiger partial charge in [-0.15, -0.1) is 0 Å². The van der Waals surface area contributed by atoms with Crippen molar-refractivity contribution >= 4 is 16.1 Å². The molecule has 1 saturated heterocycles. The van der Waals surface area contributed by atoms with Crippen molar-refractivity contribution in [3.8, 4) is 0 Å². The molecule has 9 heteroatoms. The van der Waals surface area contributed by atoms with E-state index in [4.69, 9.17) is 4.74 Å². The maximum Gasteiger partial charge on any atom is 0.410 e. The lowest BCUT2D eigenvalue weighted by atomic mass is 9.89. The Hall–Kier alpha value is -1.74. The van der Waals surface area contributed by atoms with Crippen molar-refractivity contribution in [3.05, 3.63) is 23.3 Å². The van der Waals surface area contributed by atoms with E-state index >= 15 is 0 Å². The van der Waals surface area contributed by atoms with Crippen LogP contribution < -0.4 is 0 Å². The van der Waals surface area contributed by atoms with Crippen molar-refractivity contribution in [3.63, 3.8) is 0 Å². The Kier molecular flexibility index (Phi) is 5.69. The molecule has 3 rings (SSSR count). The van der Waals surface area contributed by atoms with Gasteiger partial charge in [-0.3, -0.25) is 0 Å². The third kappa shape index (κ3) is 4.63. The molecule has 156 valence electrons. The highest BCUT2D eigenvalue weighted by molar-refractivity contribution is 7.88. The Morgan fingerprint density at radius 1 is 1.29 bits per heavy atom. The van der Waals surface area contributed by atoms with Crippen LogP contribution in [0.5, 0.6) is 0 Å². The quantitative estimate of drug-likeness (QED) is 0.743. The molecule has 0 aliphatic carbocycles. The van der Waals surface area contributed by atoms with E-state index in [0.717, 1.165) is 29.8 Å². The second-order valence-electron chi connectivity index (χ2n) is 8.81. The average molecular weight is 411 g/mol. The van der Waals surface area contributed by atoms with Crippen LogP contribution in [0.3, 0.4) is 0 Å². The van der Waals surface area contributed by atoms with Gasteiger partial charge in [-0.25, -0.2) is 27.5 Å². The number of carbonyl (C=O) groups is 1. The summed E-state index contributed by atoms with van der Waals surface area (Å²) in [6.45, 7) is 8.89. The summed E-state index contributed by atoms with van der Waals surface area (Å²) in [6, 6.07) is -0.0241. The lowest BCUT2D eigenvalue weighted by Crippen LogP contribution is -2.46. The third-order valence-corrected chi connectivity index (χ3v) is 6.55. The molecule has 1 aromatic rings. The summed E-state index contributed by atoms with van der Waals surface area (Å²) < 4.78 is 31.1. The van der Waals surface area contributed by atoms with E-state index in [-0.39, 0.29) is 18.1 Å². The fraction of sp³-hybridized carbons (Fsp3) is 0.737. The minimum atomic E-state index is -3.24. The zero-order valence-corrected chi connectivity index (χ0v) is 18.1. The number of rotatable bonds is 2. The number of aromatic nitrogens is 2. The smallest absolute Gasteiger partial charge is 0.410 e. The predicted molar refractivity (Wildman–Crippen MR) is 105 cm³/mol. The Morgan fingerprint density at radius 3 is 2.64 bits per heavy atom. The molecule has 2 atom stereocenters. The zero-order chi connectivity index (χ0) is 20.7. The Labute approximate surface area is 167 Å². The van der Waals surface area contributed by atoms with E-state index in [1.54, 1.807) is 11.2 Å². The van der Waals surface area contributed by atoms with Gasteiger partial charge in [-0.1, -0.05) is 0 Å². The van der Waals surface area contributed by atoms with Gasteiger partial charge in [0, 0.05) is 37.0 Å². The lowest BCUT2D eigenvalue weighted by molar-refractivity contribution is 0.0134. The van der Waals surface area contributed by atoms with Crippen LogP contribution >= 0.6 is 0 Å². The van der Waals surface area contributed by atoms with E-state index in [0.29, 0.717) is 26.1 Å². The first-order valence-corrected chi connectivity index (χ1v) is 11.6. The molecule has 3 heterocycles. The molecule has 2 aliphatic heterocycles. The van der Waals surface area contributed by atoms with Gasteiger partial charge in [0.15, 0.2) is 0 Å². The van der Waals surface area contributed by atoms with E-state index < -0.39 is 15.6 Å². The first-order valence-electron chi connectivity index (χ1n) is 9.73. The molecule has 0 aromatic carbocycles. The fourth-order valence-electron chi connectivity index (χ4n) is 3.91. The summed E-state index contributed by atoms with van der Waals surface area (Å²) in [5.41, 5.74) is 2.17. The Bertz CT molecular complexity index is 850. The molecule has 0 unspecified atom stereocenters. The highest BCUT2D eigenvalue weighted by atomic mass is 32.2. The molecule has 28 heavy (non-hydrogen) atoms. The van der Waals surface area contributed by atoms with Crippen molar-refractivity contribution in [1.82, 2.24) is 19.2 Å². The van der Waals surface area contributed by atoms with Crippen molar-refractivity contribution in [1.29, 1.82) is 0 Å². The number of sulfonamides is 1. The predicted octanol–water partition coefficient (Wildman–Crippen LogP) is 2.30. The number of hydrogen-bond acceptors (Lipinski definition) is 6. The van der Waals surface area contributed by atoms with Gasteiger partial charge >= 0.3 is 6.09 Å². The second-order valence-corrected chi connectivity index (χ2v) is 10.8. The lowest BCUT2D eigenvalue weighted by Gasteiger charge is -2.37. The summed E-state index contributed by atoms with van der Waals surface area (Å²) in [7, 11) is -3.24. The number of hydrogen-bond donors (Lipinski definition) is 0. The van der Waals surface area contributed by atoms with Gasteiger partial charge in [0.25, 0.3) is 0 Å². The van der Waals surface area contributed by atoms with Gasteiger partial charge in [0.2, 0.25) is 10.0 Å². The topological polar surface area (TPSA) is 92.7 Å². The van der Waals surface area contributed by atoms with E-state index in [9.17, 15) is 13.2 Å². The molecule has 2 aliphatic rings. The van der Waals surface area contributed by atoms with E-state index in [2.05, 4.69) is 9.97 Å². The highest BCUT2D eigenvalue weighted by Crippen LogP contribution is 2.33. The largest absolute Gasteiger partial charge is 0.444 e. The molecule has 0 saturated carbocycles. The third-order valence-electron chi connectivity index (χ3n) is 5.29. The molecular formula is C19H30N4O4S. The van der Waals surface area contributed by atoms with Crippen LogP contribution in [-0.4, -0.2) is 64.7 Å². The SMILES string of the molecule is C[C@@H]1Cc2ncnc([C@H]3CCCN(S(C)(=O)=O)C3)c2CN1C(=O)OC(C)(C)C. The molecule has 1 fully saturated rings. The minimum Gasteiger partial charge on any atom is -0.444 e. The Balaban J connectivity index is 1.88. The molecule has 0 N–H and O–H groups in total.